The third-order valence-electron chi connectivity index (χ3n) is 4.46. The van der Waals surface area contributed by atoms with Crippen molar-refractivity contribution in [2.24, 2.45) is 5.92 Å². The molecule has 3 aromatic rings. The Morgan fingerprint density at radius 2 is 2.00 bits per heavy atom. The predicted molar refractivity (Wildman–Crippen MR) is 102 cm³/mol. The second-order valence-electron chi connectivity index (χ2n) is 6.19. The fourth-order valence-electron chi connectivity index (χ4n) is 3.15. The molecule has 0 N–H and O–H groups in total. The highest BCUT2D eigenvalue weighted by Gasteiger charge is 2.36. The number of rotatable bonds is 4. The van der Waals surface area contributed by atoms with E-state index in [1.165, 1.54) is 0 Å². The van der Waals surface area contributed by atoms with Crippen molar-refractivity contribution >= 4 is 39.1 Å². The highest BCUT2D eigenvalue weighted by atomic mass is 32.1. The number of nitrogens with zero attached hydrogens (tertiary/aromatic N) is 2. The number of amides is 1. The molecule has 26 heavy (non-hydrogen) atoms. The summed E-state index contributed by atoms with van der Waals surface area (Å²) in [5.41, 5.74) is 2.80. The Labute approximate surface area is 155 Å². The SMILES string of the molecule is CCOC(=O)C1CC(=O)N(c2ccc(-c3nc4ccccc4s3)cc2)C1. The minimum absolute atomic E-state index is 0.0456. The average Bonchev–Trinajstić information content (AvgIpc) is 3.26. The molecule has 0 radical (unpaired) electrons. The molecule has 0 spiro atoms. The lowest BCUT2D eigenvalue weighted by Gasteiger charge is -2.16. The highest BCUT2D eigenvalue weighted by molar-refractivity contribution is 7.21. The van der Waals surface area contributed by atoms with Crippen molar-refractivity contribution in [3.05, 3.63) is 48.5 Å². The molecule has 5 nitrogen and oxygen atoms in total. The van der Waals surface area contributed by atoms with Gasteiger partial charge in [-0.25, -0.2) is 4.98 Å². The fraction of sp³-hybridized carbons (Fsp3) is 0.250. The summed E-state index contributed by atoms with van der Waals surface area (Å²) < 4.78 is 6.19. The van der Waals surface area contributed by atoms with Crippen molar-refractivity contribution in [3.8, 4) is 10.6 Å². The monoisotopic (exact) mass is 366 g/mol. The van der Waals surface area contributed by atoms with Crippen molar-refractivity contribution in [2.45, 2.75) is 13.3 Å². The second-order valence-corrected chi connectivity index (χ2v) is 7.22. The van der Waals surface area contributed by atoms with Gasteiger partial charge in [0.2, 0.25) is 5.91 Å². The maximum Gasteiger partial charge on any atom is 0.311 e. The van der Waals surface area contributed by atoms with Gasteiger partial charge in [0.25, 0.3) is 0 Å². The summed E-state index contributed by atoms with van der Waals surface area (Å²) in [6.07, 6.45) is 0.207. The van der Waals surface area contributed by atoms with Crippen LogP contribution in [0.2, 0.25) is 0 Å². The van der Waals surface area contributed by atoms with Crippen LogP contribution in [0.4, 0.5) is 5.69 Å². The van der Waals surface area contributed by atoms with Gasteiger partial charge in [0.15, 0.2) is 0 Å². The lowest BCUT2D eigenvalue weighted by Crippen LogP contribution is -2.26. The summed E-state index contributed by atoms with van der Waals surface area (Å²) in [4.78, 5) is 30.5. The third-order valence-corrected chi connectivity index (χ3v) is 5.55. The van der Waals surface area contributed by atoms with Crippen LogP contribution in [0.25, 0.3) is 20.8 Å². The standard InChI is InChI=1S/C20H18N2O3S/c1-2-25-20(24)14-11-18(23)22(12-14)15-9-7-13(8-10-15)19-21-16-5-3-4-6-17(16)26-19/h3-10,14H,2,11-12H2,1H3. The Hall–Kier alpha value is -2.73. The molecule has 132 valence electrons. The van der Waals surface area contributed by atoms with E-state index >= 15 is 0 Å². The normalized spacial score (nSPS) is 17.0. The van der Waals surface area contributed by atoms with Crippen LogP contribution in [0.15, 0.2) is 48.5 Å². The van der Waals surface area contributed by atoms with Crippen molar-refractivity contribution in [2.75, 3.05) is 18.1 Å². The summed E-state index contributed by atoms with van der Waals surface area (Å²) >= 11 is 1.65. The number of anilines is 1. The van der Waals surface area contributed by atoms with Gasteiger partial charge in [0.05, 0.1) is 22.7 Å². The summed E-state index contributed by atoms with van der Waals surface area (Å²) in [5.74, 6) is -0.725. The first-order valence-corrected chi connectivity index (χ1v) is 9.40. The third kappa shape index (κ3) is 3.08. The molecule has 2 aromatic carbocycles. The molecule has 0 aliphatic carbocycles. The van der Waals surface area contributed by atoms with E-state index < -0.39 is 0 Å². The van der Waals surface area contributed by atoms with Crippen molar-refractivity contribution in [3.63, 3.8) is 0 Å². The van der Waals surface area contributed by atoms with E-state index in [0.29, 0.717) is 13.2 Å². The fourth-order valence-corrected chi connectivity index (χ4v) is 4.13. The van der Waals surface area contributed by atoms with Gasteiger partial charge in [0.1, 0.15) is 5.01 Å². The van der Waals surface area contributed by atoms with Gasteiger partial charge in [-0.1, -0.05) is 12.1 Å². The number of benzene rings is 2. The first kappa shape index (κ1) is 16.7. The maximum atomic E-state index is 12.3. The van der Waals surface area contributed by atoms with Gasteiger partial charge in [-0.05, 0) is 43.3 Å². The Morgan fingerprint density at radius 3 is 2.73 bits per heavy atom. The number of esters is 1. The van der Waals surface area contributed by atoms with E-state index in [9.17, 15) is 9.59 Å². The van der Waals surface area contributed by atoms with E-state index in [1.54, 1.807) is 23.2 Å². The van der Waals surface area contributed by atoms with Crippen LogP contribution in [0.1, 0.15) is 13.3 Å². The number of carbonyl (C=O) groups is 2. The molecule has 1 aromatic heterocycles. The van der Waals surface area contributed by atoms with Crippen LogP contribution in [0, 0.1) is 5.92 Å². The van der Waals surface area contributed by atoms with E-state index in [0.717, 1.165) is 26.5 Å². The van der Waals surface area contributed by atoms with Crippen LogP contribution in [0.3, 0.4) is 0 Å². The number of hydrogen-bond donors (Lipinski definition) is 0. The molecule has 1 aliphatic heterocycles. The summed E-state index contributed by atoms with van der Waals surface area (Å²) in [5, 5.41) is 0.954. The molecule has 1 unspecified atom stereocenters. The van der Waals surface area contributed by atoms with E-state index in [1.807, 2.05) is 42.5 Å². The molecular formula is C20H18N2O3S. The molecule has 1 fully saturated rings. The molecule has 6 heteroatoms. The van der Waals surface area contributed by atoms with Crippen LogP contribution in [0.5, 0.6) is 0 Å². The van der Waals surface area contributed by atoms with Crippen LogP contribution >= 0.6 is 11.3 Å². The van der Waals surface area contributed by atoms with Crippen LogP contribution in [-0.2, 0) is 14.3 Å². The summed E-state index contributed by atoms with van der Waals surface area (Å²) in [7, 11) is 0. The highest BCUT2D eigenvalue weighted by Crippen LogP contribution is 2.32. The zero-order valence-electron chi connectivity index (χ0n) is 14.3. The van der Waals surface area contributed by atoms with Gasteiger partial charge in [-0.15, -0.1) is 11.3 Å². The number of ether oxygens (including phenoxy) is 1. The molecule has 0 bridgehead atoms. The quantitative estimate of drug-likeness (QED) is 0.658. The maximum absolute atomic E-state index is 12.3. The molecule has 0 saturated carbocycles. The zero-order valence-corrected chi connectivity index (χ0v) is 15.2. The van der Waals surface area contributed by atoms with E-state index in [4.69, 9.17) is 4.74 Å². The van der Waals surface area contributed by atoms with Gasteiger partial charge in [-0.3, -0.25) is 9.59 Å². The van der Waals surface area contributed by atoms with Crippen molar-refractivity contribution < 1.29 is 14.3 Å². The lowest BCUT2D eigenvalue weighted by molar-refractivity contribution is -0.147. The number of aromatic nitrogens is 1. The van der Waals surface area contributed by atoms with Crippen molar-refractivity contribution in [1.29, 1.82) is 0 Å². The topological polar surface area (TPSA) is 59.5 Å². The van der Waals surface area contributed by atoms with Crippen LogP contribution < -0.4 is 4.90 Å². The number of thiazole rings is 1. The summed E-state index contributed by atoms with van der Waals surface area (Å²) in [6, 6.07) is 15.8. The van der Waals surface area contributed by atoms with Gasteiger partial charge in [0, 0.05) is 24.2 Å². The second kappa shape index (κ2) is 6.88. The first-order valence-electron chi connectivity index (χ1n) is 8.58. The molecule has 1 atom stereocenters. The smallest absolute Gasteiger partial charge is 0.311 e. The van der Waals surface area contributed by atoms with E-state index in [2.05, 4.69) is 11.1 Å². The Balaban J connectivity index is 1.54. The van der Waals surface area contributed by atoms with Crippen molar-refractivity contribution in [1.82, 2.24) is 4.98 Å². The predicted octanol–water partition coefficient (Wildman–Crippen LogP) is 3.88. The first-order chi connectivity index (χ1) is 12.7. The Kier molecular flexibility index (Phi) is 4.42. The molecule has 1 saturated heterocycles. The number of carbonyl (C=O) groups excluding carboxylic acids is 2. The van der Waals surface area contributed by atoms with Crippen LogP contribution in [-0.4, -0.2) is 30.0 Å². The number of para-hydroxylation sites is 1. The van der Waals surface area contributed by atoms with E-state index in [-0.39, 0.29) is 24.2 Å². The van der Waals surface area contributed by atoms with Gasteiger partial charge in [-0.2, -0.15) is 0 Å². The largest absolute Gasteiger partial charge is 0.466 e. The molecule has 1 amide bonds. The molecule has 1 aliphatic rings. The number of fused-ring (bicyclic) bond motifs is 1. The summed E-state index contributed by atoms with van der Waals surface area (Å²) in [6.45, 7) is 2.48. The molecule has 4 rings (SSSR count). The Morgan fingerprint density at radius 1 is 1.23 bits per heavy atom. The molecular weight excluding hydrogens is 348 g/mol. The minimum atomic E-state index is -0.383. The minimum Gasteiger partial charge on any atom is -0.466 e. The Bertz CT molecular complexity index is 932. The average molecular weight is 366 g/mol. The van der Waals surface area contributed by atoms with Gasteiger partial charge < -0.3 is 9.64 Å². The molecule has 2 heterocycles. The van der Waals surface area contributed by atoms with Gasteiger partial charge >= 0.3 is 5.97 Å². The zero-order chi connectivity index (χ0) is 18.1. The lowest BCUT2D eigenvalue weighted by atomic mass is 10.1. The number of hydrogen-bond acceptors (Lipinski definition) is 5.